The molecular formula is C17H17NO3S. The van der Waals surface area contributed by atoms with Gasteiger partial charge < -0.3 is 4.74 Å². The number of esters is 1. The number of ether oxygens (including phenoxy) is 1. The standard InChI is InChI=1S/C17H17NO3S/c1-12-8-10-14(11-9-12)22(20)18-15(16(18)17(19)21-2)13-6-4-3-5-7-13/h3-11,15-16H,1-2H3/t15-,16-,18?,22?/m0/s1. The molecular weight excluding hydrogens is 298 g/mol. The van der Waals surface area contributed by atoms with E-state index in [1.165, 1.54) is 7.11 Å². The highest BCUT2D eigenvalue weighted by Crippen LogP contribution is 2.46. The van der Waals surface area contributed by atoms with E-state index in [0.717, 1.165) is 11.1 Å². The van der Waals surface area contributed by atoms with Gasteiger partial charge in [0.25, 0.3) is 0 Å². The van der Waals surface area contributed by atoms with Crippen LogP contribution in [0.25, 0.3) is 0 Å². The first-order valence-electron chi connectivity index (χ1n) is 7.03. The molecule has 1 fully saturated rings. The van der Waals surface area contributed by atoms with Crippen molar-refractivity contribution in [2.45, 2.75) is 23.9 Å². The fourth-order valence-electron chi connectivity index (χ4n) is 2.53. The number of aryl methyl sites for hydroxylation is 1. The van der Waals surface area contributed by atoms with E-state index in [0.29, 0.717) is 4.90 Å². The Labute approximate surface area is 132 Å². The van der Waals surface area contributed by atoms with Crippen molar-refractivity contribution in [1.82, 2.24) is 4.31 Å². The van der Waals surface area contributed by atoms with E-state index >= 15 is 0 Å². The lowest BCUT2D eigenvalue weighted by Gasteiger charge is -2.05. The monoisotopic (exact) mass is 315 g/mol. The summed E-state index contributed by atoms with van der Waals surface area (Å²) in [5.74, 6) is -0.352. The topological polar surface area (TPSA) is 46.4 Å². The third-order valence-electron chi connectivity index (χ3n) is 3.76. The maximum atomic E-state index is 12.8. The molecule has 22 heavy (non-hydrogen) atoms. The number of benzene rings is 2. The molecule has 0 N–H and O–H groups in total. The summed E-state index contributed by atoms with van der Waals surface area (Å²) in [7, 11) is -0.0258. The summed E-state index contributed by atoms with van der Waals surface area (Å²) in [4.78, 5) is 12.7. The Kier molecular flexibility index (Phi) is 4.09. The number of nitrogens with zero attached hydrogens (tertiary/aromatic N) is 1. The van der Waals surface area contributed by atoms with Crippen molar-refractivity contribution in [1.29, 1.82) is 0 Å². The Bertz CT molecular complexity index is 700. The maximum absolute atomic E-state index is 12.8. The molecule has 5 heteroatoms. The third kappa shape index (κ3) is 2.69. The molecule has 1 heterocycles. The number of carbonyl (C=O) groups excluding carboxylic acids is 1. The lowest BCUT2D eigenvalue weighted by molar-refractivity contribution is -0.140. The molecule has 3 rings (SSSR count). The van der Waals surface area contributed by atoms with Gasteiger partial charge >= 0.3 is 5.97 Å². The zero-order valence-corrected chi connectivity index (χ0v) is 13.2. The summed E-state index contributed by atoms with van der Waals surface area (Å²) in [5.41, 5.74) is 2.08. The van der Waals surface area contributed by atoms with E-state index in [2.05, 4.69) is 0 Å². The normalized spacial score (nSPS) is 24.5. The quantitative estimate of drug-likeness (QED) is 0.643. The predicted octanol–water partition coefficient (Wildman–Crippen LogP) is 2.62. The molecule has 2 aromatic rings. The molecule has 1 aliphatic heterocycles. The lowest BCUT2D eigenvalue weighted by atomic mass is 10.1. The zero-order chi connectivity index (χ0) is 15.7. The summed E-state index contributed by atoms with van der Waals surface area (Å²) in [6.07, 6.45) is 0. The van der Waals surface area contributed by atoms with Crippen molar-refractivity contribution in [3.63, 3.8) is 0 Å². The van der Waals surface area contributed by atoms with Gasteiger partial charge in [0.2, 0.25) is 0 Å². The maximum Gasteiger partial charge on any atom is 0.326 e. The van der Waals surface area contributed by atoms with Gasteiger partial charge in [0.1, 0.15) is 17.0 Å². The fourth-order valence-corrected chi connectivity index (χ4v) is 3.94. The number of hydrogen-bond donors (Lipinski definition) is 0. The van der Waals surface area contributed by atoms with Gasteiger partial charge in [0.05, 0.1) is 18.0 Å². The Morgan fingerprint density at radius 3 is 2.32 bits per heavy atom. The van der Waals surface area contributed by atoms with E-state index in [1.54, 1.807) is 4.31 Å². The second-order valence-electron chi connectivity index (χ2n) is 5.25. The summed E-state index contributed by atoms with van der Waals surface area (Å²) >= 11 is 0. The van der Waals surface area contributed by atoms with Crippen molar-refractivity contribution in [2.24, 2.45) is 0 Å². The summed E-state index contributed by atoms with van der Waals surface area (Å²) < 4.78 is 19.3. The Hall–Kier alpha value is -1.98. The van der Waals surface area contributed by atoms with Crippen LogP contribution < -0.4 is 0 Å². The van der Waals surface area contributed by atoms with Crippen LogP contribution in [0.15, 0.2) is 59.5 Å². The van der Waals surface area contributed by atoms with E-state index in [4.69, 9.17) is 4.74 Å². The Morgan fingerprint density at radius 2 is 1.73 bits per heavy atom. The van der Waals surface area contributed by atoms with Crippen molar-refractivity contribution in [3.8, 4) is 0 Å². The minimum absolute atomic E-state index is 0.198. The van der Waals surface area contributed by atoms with Gasteiger partial charge in [-0.25, -0.2) is 4.21 Å². The van der Waals surface area contributed by atoms with E-state index in [1.807, 2.05) is 61.5 Å². The predicted molar refractivity (Wildman–Crippen MR) is 84.4 cm³/mol. The molecule has 0 saturated carbocycles. The zero-order valence-electron chi connectivity index (χ0n) is 12.4. The number of hydrogen-bond acceptors (Lipinski definition) is 3. The molecule has 0 aliphatic carbocycles. The SMILES string of the molecule is COC(=O)[C@@H]1[C@H](c2ccccc2)N1S(=O)c1ccc(C)cc1. The fraction of sp³-hybridized carbons (Fsp3) is 0.235. The van der Waals surface area contributed by atoms with Gasteiger partial charge in [0.15, 0.2) is 0 Å². The number of methoxy groups -OCH3 is 1. The second-order valence-corrected chi connectivity index (χ2v) is 6.64. The Morgan fingerprint density at radius 1 is 1.09 bits per heavy atom. The first-order valence-corrected chi connectivity index (χ1v) is 8.14. The van der Waals surface area contributed by atoms with Crippen LogP contribution in [0, 0.1) is 6.92 Å². The summed E-state index contributed by atoms with van der Waals surface area (Å²) in [6, 6.07) is 16.4. The lowest BCUT2D eigenvalue weighted by Crippen LogP contribution is -2.16. The van der Waals surface area contributed by atoms with Crippen LogP contribution in [-0.2, 0) is 20.5 Å². The van der Waals surface area contributed by atoms with Crippen LogP contribution in [0.4, 0.5) is 0 Å². The molecule has 1 aliphatic rings. The van der Waals surface area contributed by atoms with Crippen molar-refractivity contribution in [2.75, 3.05) is 7.11 Å². The minimum Gasteiger partial charge on any atom is -0.468 e. The highest BCUT2D eigenvalue weighted by molar-refractivity contribution is 7.83. The first kappa shape index (κ1) is 14.9. The Balaban J connectivity index is 1.89. The van der Waals surface area contributed by atoms with Crippen molar-refractivity contribution in [3.05, 3.63) is 65.7 Å². The van der Waals surface area contributed by atoms with E-state index in [-0.39, 0.29) is 12.0 Å². The van der Waals surface area contributed by atoms with Gasteiger partial charge in [-0.05, 0) is 24.6 Å². The smallest absolute Gasteiger partial charge is 0.326 e. The number of carbonyl (C=O) groups is 1. The van der Waals surface area contributed by atoms with Crippen molar-refractivity contribution < 1.29 is 13.7 Å². The number of rotatable bonds is 4. The van der Waals surface area contributed by atoms with Crippen LogP contribution in [0.5, 0.6) is 0 Å². The molecule has 0 bridgehead atoms. The molecule has 4 nitrogen and oxygen atoms in total. The van der Waals surface area contributed by atoms with Crippen LogP contribution in [0.3, 0.4) is 0 Å². The average Bonchev–Trinajstić information content (AvgIpc) is 3.30. The molecule has 2 unspecified atom stereocenters. The molecule has 0 aromatic heterocycles. The molecule has 114 valence electrons. The highest BCUT2D eigenvalue weighted by atomic mass is 32.2. The molecule has 0 amide bonds. The molecule has 0 spiro atoms. The second kappa shape index (κ2) is 6.02. The van der Waals surface area contributed by atoms with E-state index in [9.17, 15) is 9.00 Å². The molecule has 0 radical (unpaired) electrons. The average molecular weight is 315 g/mol. The van der Waals surface area contributed by atoms with Crippen LogP contribution in [0.2, 0.25) is 0 Å². The van der Waals surface area contributed by atoms with Gasteiger partial charge in [-0.15, -0.1) is 0 Å². The van der Waals surface area contributed by atoms with Gasteiger partial charge in [-0.3, -0.25) is 4.79 Å². The largest absolute Gasteiger partial charge is 0.468 e. The minimum atomic E-state index is -1.38. The van der Waals surface area contributed by atoms with Crippen LogP contribution in [0.1, 0.15) is 17.2 Å². The van der Waals surface area contributed by atoms with Gasteiger partial charge in [-0.1, -0.05) is 48.0 Å². The molecule has 1 saturated heterocycles. The van der Waals surface area contributed by atoms with Crippen molar-refractivity contribution >= 4 is 17.0 Å². The van der Waals surface area contributed by atoms with Crippen LogP contribution in [-0.4, -0.2) is 27.6 Å². The molecule has 2 aromatic carbocycles. The summed E-state index contributed by atoms with van der Waals surface area (Å²) in [5, 5.41) is 0. The van der Waals surface area contributed by atoms with Gasteiger partial charge in [0, 0.05) is 0 Å². The van der Waals surface area contributed by atoms with Crippen LogP contribution >= 0.6 is 0 Å². The van der Waals surface area contributed by atoms with Gasteiger partial charge in [-0.2, -0.15) is 4.31 Å². The first-order chi connectivity index (χ1) is 10.6. The van der Waals surface area contributed by atoms with E-state index < -0.39 is 17.0 Å². The summed E-state index contributed by atoms with van der Waals surface area (Å²) in [6.45, 7) is 1.98. The highest BCUT2D eigenvalue weighted by Gasteiger charge is 2.57. The third-order valence-corrected chi connectivity index (χ3v) is 5.27. The molecule has 4 atom stereocenters.